The van der Waals surface area contributed by atoms with Gasteiger partial charge in [0.15, 0.2) is 0 Å². The molecule has 1 saturated heterocycles. The summed E-state index contributed by atoms with van der Waals surface area (Å²) in [6, 6.07) is 0. The molecule has 19 heavy (non-hydrogen) atoms. The minimum absolute atomic E-state index is 0.135. The number of amides is 1. The van der Waals surface area contributed by atoms with E-state index in [4.69, 9.17) is 5.11 Å². The third kappa shape index (κ3) is 2.91. The molecule has 0 unspecified atom stereocenters. The first-order chi connectivity index (χ1) is 9.00. The molecule has 2 heterocycles. The normalized spacial score (nSPS) is 19.7. The van der Waals surface area contributed by atoms with Crippen LogP contribution in [0, 0.1) is 5.92 Å². The molecule has 0 aromatic carbocycles. The van der Waals surface area contributed by atoms with E-state index < -0.39 is 11.9 Å². The van der Waals surface area contributed by atoms with Gasteiger partial charge in [-0.1, -0.05) is 18.3 Å². The second-order valence-corrected chi connectivity index (χ2v) is 5.82. The Labute approximate surface area is 115 Å². The molecule has 0 aliphatic carbocycles. The number of aliphatic carboxylic acids is 1. The molecule has 1 aliphatic rings. The molecule has 2 rings (SSSR count). The van der Waals surface area contributed by atoms with Crippen molar-refractivity contribution in [3.63, 3.8) is 0 Å². The standard InChI is InChI=1S/C12H17N3O3S/c1-7(2)9-10(19-14-13-9)11(16)15-5-3-4-8(6-15)12(17)18/h7-8H,3-6H2,1-2H3,(H,17,18)/t8-/m1/s1. The highest BCUT2D eigenvalue weighted by Gasteiger charge is 2.31. The molecule has 0 spiro atoms. The van der Waals surface area contributed by atoms with Crippen molar-refractivity contribution in [2.45, 2.75) is 32.6 Å². The van der Waals surface area contributed by atoms with Gasteiger partial charge in [0.05, 0.1) is 11.6 Å². The summed E-state index contributed by atoms with van der Waals surface area (Å²) >= 11 is 1.09. The SMILES string of the molecule is CC(C)c1nnsc1C(=O)N1CCC[C@@H](C(=O)O)C1. The van der Waals surface area contributed by atoms with Gasteiger partial charge in [-0.3, -0.25) is 9.59 Å². The van der Waals surface area contributed by atoms with Crippen LogP contribution in [-0.4, -0.2) is 44.6 Å². The predicted octanol–water partition coefficient (Wildman–Crippen LogP) is 1.60. The summed E-state index contributed by atoms with van der Waals surface area (Å²) in [5.41, 5.74) is 0.701. The van der Waals surface area contributed by atoms with Crippen LogP contribution in [0.4, 0.5) is 0 Å². The number of carbonyl (C=O) groups excluding carboxylic acids is 1. The minimum Gasteiger partial charge on any atom is -0.481 e. The van der Waals surface area contributed by atoms with Gasteiger partial charge in [-0.15, -0.1) is 5.10 Å². The lowest BCUT2D eigenvalue weighted by molar-refractivity contribution is -0.143. The number of rotatable bonds is 3. The van der Waals surface area contributed by atoms with Crippen molar-refractivity contribution in [3.8, 4) is 0 Å². The van der Waals surface area contributed by atoms with E-state index in [0.717, 1.165) is 18.0 Å². The highest BCUT2D eigenvalue weighted by atomic mass is 32.1. The van der Waals surface area contributed by atoms with Crippen molar-refractivity contribution in [2.24, 2.45) is 5.92 Å². The lowest BCUT2D eigenvalue weighted by Crippen LogP contribution is -2.42. The fraction of sp³-hybridized carbons (Fsp3) is 0.667. The first-order valence-corrected chi connectivity index (χ1v) is 7.12. The van der Waals surface area contributed by atoms with E-state index in [0.29, 0.717) is 23.5 Å². The lowest BCUT2D eigenvalue weighted by Gasteiger charge is -2.30. The fourth-order valence-electron chi connectivity index (χ4n) is 2.23. The van der Waals surface area contributed by atoms with Crippen molar-refractivity contribution < 1.29 is 14.7 Å². The highest BCUT2D eigenvalue weighted by molar-refractivity contribution is 7.08. The van der Waals surface area contributed by atoms with Crippen LogP contribution in [0.3, 0.4) is 0 Å². The van der Waals surface area contributed by atoms with E-state index >= 15 is 0 Å². The average molecular weight is 283 g/mol. The Kier molecular flexibility index (Phi) is 4.14. The average Bonchev–Trinajstić information content (AvgIpc) is 2.87. The second-order valence-electron chi connectivity index (χ2n) is 5.07. The number of carbonyl (C=O) groups is 2. The molecule has 6 nitrogen and oxygen atoms in total. The number of hydrogen-bond acceptors (Lipinski definition) is 5. The monoisotopic (exact) mass is 283 g/mol. The molecule has 7 heteroatoms. The Morgan fingerprint density at radius 2 is 2.21 bits per heavy atom. The molecule has 1 aromatic rings. The number of likely N-dealkylation sites (tertiary alicyclic amines) is 1. The molecule has 104 valence electrons. The third-order valence-corrected chi connectivity index (χ3v) is 4.04. The topological polar surface area (TPSA) is 83.4 Å². The summed E-state index contributed by atoms with van der Waals surface area (Å²) in [5.74, 6) is -1.28. The first kappa shape index (κ1) is 13.9. The molecule has 1 N–H and O–H groups in total. The fourth-order valence-corrected chi connectivity index (χ4v) is 3.02. The molecular weight excluding hydrogens is 266 g/mol. The van der Waals surface area contributed by atoms with E-state index in [9.17, 15) is 9.59 Å². The van der Waals surface area contributed by atoms with E-state index in [2.05, 4.69) is 9.59 Å². The molecule has 1 fully saturated rings. The summed E-state index contributed by atoms with van der Waals surface area (Å²) in [5, 5.41) is 13.0. The molecule has 0 radical (unpaired) electrons. The zero-order chi connectivity index (χ0) is 14.0. The van der Waals surface area contributed by atoms with E-state index in [1.165, 1.54) is 0 Å². The van der Waals surface area contributed by atoms with Gasteiger partial charge in [0.1, 0.15) is 4.88 Å². The van der Waals surface area contributed by atoms with Crippen LogP contribution >= 0.6 is 11.5 Å². The van der Waals surface area contributed by atoms with Crippen molar-refractivity contribution in [2.75, 3.05) is 13.1 Å². The zero-order valence-corrected chi connectivity index (χ0v) is 11.8. The minimum atomic E-state index is -0.830. The van der Waals surface area contributed by atoms with Gasteiger partial charge in [0.2, 0.25) is 0 Å². The maximum Gasteiger partial charge on any atom is 0.308 e. The lowest BCUT2D eigenvalue weighted by atomic mass is 9.98. The van der Waals surface area contributed by atoms with Crippen LogP contribution in [0.1, 0.15) is 48.0 Å². The largest absolute Gasteiger partial charge is 0.481 e. The number of aromatic nitrogens is 2. The molecule has 1 atom stereocenters. The number of carboxylic acids is 1. The van der Waals surface area contributed by atoms with E-state index in [1.807, 2.05) is 13.8 Å². The molecule has 1 aromatic heterocycles. The number of hydrogen-bond donors (Lipinski definition) is 1. The Morgan fingerprint density at radius 1 is 1.47 bits per heavy atom. The molecular formula is C12H17N3O3S. The van der Waals surface area contributed by atoms with Crippen LogP contribution in [0.25, 0.3) is 0 Å². The molecule has 1 amide bonds. The van der Waals surface area contributed by atoms with Gasteiger partial charge in [0, 0.05) is 13.1 Å². The Morgan fingerprint density at radius 3 is 2.84 bits per heavy atom. The highest BCUT2D eigenvalue weighted by Crippen LogP contribution is 2.24. The maximum atomic E-state index is 12.4. The quantitative estimate of drug-likeness (QED) is 0.911. The summed E-state index contributed by atoms with van der Waals surface area (Å²) in [7, 11) is 0. The molecule has 1 aliphatic heterocycles. The van der Waals surface area contributed by atoms with Crippen molar-refractivity contribution in [1.29, 1.82) is 0 Å². The molecule has 0 bridgehead atoms. The predicted molar refractivity (Wildman–Crippen MR) is 70.3 cm³/mol. The maximum absolute atomic E-state index is 12.4. The first-order valence-electron chi connectivity index (χ1n) is 6.35. The van der Waals surface area contributed by atoms with Crippen LogP contribution in [-0.2, 0) is 4.79 Å². The van der Waals surface area contributed by atoms with Crippen molar-refractivity contribution in [1.82, 2.24) is 14.5 Å². The van der Waals surface area contributed by atoms with Gasteiger partial charge in [-0.25, -0.2) is 0 Å². The van der Waals surface area contributed by atoms with Gasteiger partial charge >= 0.3 is 5.97 Å². The van der Waals surface area contributed by atoms with Crippen LogP contribution in [0.2, 0.25) is 0 Å². The Hall–Kier alpha value is -1.50. The Bertz CT molecular complexity index is 486. The van der Waals surface area contributed by atoms with Crippen LogP contribution in [0.15, 0.2) is 0 Å². The second kappa shape index (κ2) is 5.64. The molecule has 0 saturated carbocycles. The van der Waals surface area contributed by atoms with Gasteiger partial charge in [-0.2, -0.15) is 0 Å². The summed E-state index contributed by atoms with van der Waals surface area (Å²) < 4.78 is 3.84. The zero-order valence-electron chi connectivity index (χ0n) is 11.0. The summed E-state index contributed by atoms with van der Waals surface area (Å²) in [6.45, 7) is 4.81. The van der Waals surface area contributed by atoms with Gasteiger partial charge in [0.25, 0.3) is 5.91 Å². The van der Waals surface area contributed by atoms with Gasteiger partial charge in [-0.05, 0) is 30.3 Å². The van der Waals surface area contributed by atoms with E-state index in [1.54, 1.807) is 4.90 Å². The van der Waals surface area contributed by atoms with Crippen molar-refractivity contribution in [3.05, 3.63) is 10.6 Å². The summed E-state index contributed by atoms with van der Waals surface area (Å²) in [6.07, 6.45) is 1.36. The smallest absolute Gasteiger partial charge is 0.308 e. The van der Waals surface area contributed by atoms with E-state index in [-0.39, 0.29) is 18.4 Å². The van der Waals surface area contributed by atoms with Gasteiger partial charge < -0.3 is 10.0 Å². The number of nitrogens with zero attached hydrogens (tertiary/aromatic N) is 3. The van der Waals surface area contributed by atoms with Crippen molar-refractivity contribution >= 4 is 23.4 Å². The number of piperidine rings is 1. The van der Waals surface area contributed by atoms with Crippen LogP contribution in [0.5, 0.6) is 0 Å². The summed E-state index contributed by atoms with van der Waals surface area (Å²) in [4.78, 5) is 25.6. The Balaban J connectivity index is 2.15. The third-order valence-electron chi connectivity index (χ3n) is 3.31. The number of carboxylic acid groups (broad SMARTS) is 1. The van der Waals surface area contributed by atoms with Crippen LogP contribution < -0.4 is 0 Å².